The maximum atomic E-state index is 5.87. The molecule has 0 aromatic heterocycles. The van der Waals surface area contributed by atoms with Gasteiger partial charge in [-0.15, -0.1) is 0 Å². The summed E-state index contributed by atoms with van der Waals surface area (Å²) in [7, 11) is 0. The summed E-state index contributed by atoms with van der Waals surface area (Å²) in [5.74, 6) is 1.40. The number of hydrogen-bond donors (Lipinski definition) is 0. The van der Waals surface area contributed by atoms with E-state index >= 15 is 0 Å². The van der Waals surface area contributed by atoms with Gasteiger partial charge < -0.3 is 9.47 Å². The molecule has 2 heteroatoms. The molecule has 3 unspecified atom stereocenters. The van der Waals surface area contributed by atoms with Crippen LogP contribution in [0.1, 0.15) is 79.6 Å². The molecular weight excluding hydrogens is 248 g/mol. The van der Waals surface area contributed by atoms with Gasteiger partial charge in [-0.05, 0) is 31.6 Å². The first-order valence-electron chi connectivity index (χ1n) is 8.83. The van der Waals surface area contributed by atoms with Gasteiger partial charge in [0.1, 0.15) is 0 Å². The zero-order valence-corrected chi connectivity index (χ0v) is 14.6. The van der Waals surface area contributed by atoms with E-state index in [1.807, 2.05) is 0 Å². The molecule has 0 aliphatic rings. The van der Waals surface area contributed by atoms with Crippen molar-refractivity contribution in [3.8, 4) is 0 Å². The van der Waals surface area contributed by atoms with Crippen molar-refractivity contribution >= 4 is 0 Å². The Morgan fingerprint density at radius 1 is 0.800 bits per heavy atom. The van der Waals surface area contributed by atoms with E-state index in [-0.39, 0.29) is 6.10 Å². The van der Waals surface area contributed by atoms with Gasteiger partial charge in [0.2, 0.25) is 0 Å². The van der Waals surface area contributed by atoms with E-state index < -0.39 is 0 Å². The van der Waals surface area contributed by atoms with Crippen LogP contribution in [0.15, 0.2) is 0 Å². The molecule has 0 bridgehead atoms. The molecule has 122 valence electrons. The second-order valence-electron chi connectivity index (χ2n) is 6.35. The minimum absolute atomic E-state index is 0.225. The molecule has 20 heavy (non-hydrogen) atoms. The lowest BCUT2D eigenvalue weighted by Crippen LogP contribution is -2.21. The predicted octanol–water partition coefficient (Wildman–Crippen LogP) is 5.45. The van der Waals surface area contributed by atoms with Gasteiger partial charge in [0.05, 0.1) is 12.7 Å². The highest BCUT2D eigenvalue weighted by molar-refractivity contribution is 4.58. The summed E-state index contributed by atoms with van der Waals surface area (Å²) in [4.78, 5) is 0. The second kappa shape index (κ2) is 13.9. The van der Waals surface area contributed by atoms with Crippen molar-refractivity contribution in [1.82, 2.24) is 0 Å². The molecule has 0 aromatic carbocycles. The van der Waals surface area contributed by atoms with Crippen LogP contribution in [0.3, 0.4) is 0 Å². The molecule has 0 fully saturated rings. The lowest BCUT2D eigenvalue weighted by atomic mass is 10.0. The highest BCUT2D eigenvalue weighted by Gasteiger charge is 2.09. The number of ether oxygens (including phenoxy) is 2. The van der Waals surface area contributed by atoms with Crippen molar-refractivity contribution in [2.45, 2.75) is 85.7 Å². The molecule has 0 aliphatic carbocycles. The van der Waals surface area contributed by atoms with Crippen molar-refractivity contribution < 1.29 is 9.47 Å². The largest absolute Gasteiger partial charge is 0.378 e. The Bertz CT molecular complexity index is 194. The fraction of sp³-hybridized carbons (Fsp3) is 1.00. The summed E-state index contributed by atoms with van der Waals surface area (Å²) < 4.78 is 11.7. The molecule has 2 nitrogen and oxygen atoms in total. The van der Waals surface area contributed by atoms with Crippen molar-refractivity contribution in [3.05, 3.63) is 0 Å². The van der Waals surface area contributed by atoms with E-state index in [4.69, 9.17) is 9.47 Å². The molecule has 3 atom stereocenters. The van der Waals surface area contributed by atoms with Crippen LogP contribution in [0.4, 0.5) is 0 Å². The zero-order valence-electron chi connectivity index (χ0n) is 14.6. The van der Waals surface area contributed by atoms with Gasteiger partial charge in [0, 0.05) is 13.2 Å². The summed E-state index contributed by atoms with van der Waals surface area (Å²) >= 11 is 0. The minimum Gasteiger partial charge on any atom is -0.378 e. The molecule has 0 heterocycles. The van der Waals surface area contributed by atoms with Gasteiger partial charge in [0.15, 0.2) is 0 Å². The average molecular weight is 286 g/mol. The van der Waals surface area contributed by atoms with Gasteiger partial charge in [-0.1, -0.05) is 59.8 Å². The Kier molecular flexibility index (Phi) is 13.8. The minimum atomic E-state index is 0.225. The standard InChI is InChI=1S/C18H38O2/c1-6-9-11-16(4)13-20-17(5)14-19-15-18(8-3)12-10-7-2/h16-18H,6-15H2,1-5H3. The molecule has 0 amide bonds. The van der Waals surface area contributed by atoms with Gasteiger partial charge in [0.25, 0.3) is 0 Å². The van der Waals surface area contributed by atoms with Gasteiger partial charge in [-0.25, -0.2) is 0 Å². The smallest absolute Gasteiger partial charge is 0.0780 e. The van der Waals surface area contributed by atoms with E-state index in [0.717, 1.165) is 25.7 Å². The zero-order chi connectivity index (χ0) is 15.2. The first-order chi connectivity index (χ1) is 9.63. The molecule has 0 rings (SSSR count). The van der Waals surface area contributed by atoms with Crippen molar-refractivity contribution in [3.63, 3.8) is 0 Å². The average Bonchev–Trinajstić information content (AvgIpc) is 2.46. The number of rotatable bonds is 14. The van der Waals surface area contributed by atoms with Crippen LogP contribution < -0.4 is 0 Å². The molecular formula is C18H38O2. The van der Waals surface area contributed by atoms with Crippen molar-refractivity contribution in [2.24, 2.45) is 11.8 Å². The Morgan fingerprint density at radius 3 is 2.05 bits per heavy atom. The van der Waals surface area contributed by atoms with E-state index in [0.29, 0.717) is 5.92 Å². The molecule has 0 saturated heterocycles. The van der Waals surface area contributed by atoms with Gasteiger partial charge >= 0.3 is 0 Å². The number of hydrogen-bond acceptors (Lipinski definition) is 2. The molecule has 0 N–H and O–H groups in total. The van der Waals surface area contributed by atoms with Crippen LogP contribution in [0.25, 0.3) is 0 Å². The monoisotopic (exact) mass is 286 g/mol. The Labute approximate surface area is 127 Å². The highest BCUT2D eigenvalue weighted by Crippen LogP contribution is 2.13. The highest BCUT2D eigenvalue weighted by atomic mass is 16.5. The molecule has 0 spiro atoms. The van der Waals surface area contributed by atoms with E-state index in [2.05, 4.69) is 34.6 Å². The van der Waals surface area contributed by atoms with E-state index in [9.17, 15) is 0 Å². The Balaban J connectivity index is 3.58. The predicted molar refractivity (Wildman–Crippen MR) is 88.2 cm³/mol. The van der Waals surface area contributed by atoms with Crippen LogP contribution in [0, 0.1) is 11.8 Å². The summed E-state index contributed by atoms with van der Waals surface area (Å²) in [5, 5.41) is 0. The third-order valence-corrected chi connectivity index (χ3v) is 3.97. The molecule has 0 saturated carbocycles. The number of unbranched alkanes of at least 4 members (excludes halogenated alkanes) is 2. The fourth-order valence-electron chi connectivity index (χ4n) is 2.31. The molecule has 0 aliphatic heterocycles. The maximum Gasteiger partial charge on any atom is 0.0780 e. The third-order valence-electron chi connectivity index (χ3n) is 3.97. The van der Waals surface area contributed by atoms with Crippen LogP contribution in [-0.4, -0.2) is 25.9 Å². The summed E-state index contributed by atoms with van der Waals surface area (Å²) in [6.45, 7) is 13.7. The Hall–Kier alpha value is -0.0800. The Morgan fingerprint density at radius 2 is 1.45 bits per heavy atom. The van der Waals surface area contributed by atoms with Crippen LogP contribution in [0.5, 0.6) is 0 Å². The molecule has 0 radical (unpaired) electrons. The van der Waals surface area contributed by atoms with Crippen LogP contribution >= 0.6 is 0 Å². The topological polar surface area (TPSA) is 18.5 Å². The summed E-state index contributed by atoms with van der Waals surface area (Å²) in [5.41, 5.74) is 0. The van der Waals surface area contributed by atoms with Crippen LogP contribution in [0.2, 0.25) is 0 Å². The lowest BCUT2D eigenvalue weighted by molar-refractivity contribution is -0.0273. The summed E-state index contributed by atoms with van der Waals surface area (Å²) in [6, 6.07) is 0. The van der Waals surface area contributed by atoms with Gasteiger partial charge in [-0.3, -0.25) is 0 Å². The SMILES string of the molecule is CCCCC(C)COC(C)COCC(CC)CCCC. The normalized spacial score (nSPS) is 16.1. The lowest BCUT2D eigenvalue weighted by Gasteiger charge is -2.19. The molecule has 0 aromatic rings. The van der Waals surface area contributed by atoms with Crippen molar-refractivity contribution in [2.75, 3.05) is 19.8 Å². The van der Waals surface area contributed by atoms with Gasteiger partial charge in [-0.2, -0.15) is 0 Å². The third kappa shape index (κ3) is 11.7. The summed E-state index contributed by atoms with van der Waals surface area (Å²) in [6.07, 6.45) is 9.22. The first-order valence-corrected chi connectivity index (χ1v) is 8.83. The fourth-order valence-corrected chi connectivity index (χ4v) is 2.31. The first kappa shape index (κ1) is 19.9. The van der Waals surface area contributed by atoms with Crippen LogP contribution in [-0.2, 0) is 9.47 Å². The maximum absolute atomic E-state index is 5.87. The quantitative estimate of drug-likeness (QED) is 0.422. The van der Waals surface area contributed by atoms with Crippen molar-refractivity contribution in [1.29, 1.82) is 0 Å². The van der Waals surface area contributed by atoms with E-state index in [1.165, 1.54) is 44.9 Å². The van der Waals surface area contributed by atoms with E-state index in [1.54, 1.807) is 0 Å². The second-order valence-corrected chi connectivity index (χ2v) is 6.35.